The van der Waals surface area contributed by atoms with E-state index in [9.17, 15) is 4.79 Å². The molecule has 0 aliphatic heterocycles. The Labute approximate surface area is 129 Å². The summed E-state index contributed by atoms with van der Waals surface area (Å²) in [5.74, 6) is 1.58. The van der Waals surface area contributed by atoms with Crippen molar-refractivity contribution in [2.75, 3.05) is 0 Å². The predicted octanol–water partition coefficient (Wildman–Crippen LogP) is 5.46. The van der Waals surface area contributed by atoms with E-state index in [4.69, 9.17) is 0 Å². The Bertz CT molecular complexity index is 536. The zero-order valence-electron chi connectivity index (χ0n) is 14.4. The Morgan fingerprint density at radius 3 is 2.57 bits per heavy atom. The number of allylic oxidation sites excluding steroid dienone is 4. The van der Waals surface area contributed by atoms with Crippen LogP contribution in [-0.4, -0.2) is 5.78 Å². The van der Waals surface area contributed by atoms with Crippen molar-refractivity contribution in [1.82, 2.24) is 0 Å². The minimum absolute atomic E-state index is 0.117. The standard InChI is InChI=1S/C20H30O/c1-13(2)15-8-9-19(4)10-11-20(5)16(18(15)19)7-6-14(3)12-17(20)21/h6,13,16H,7-12H2,1-5H3/t16-,19-,20-/m1/s1. The van der Waals surface area contributed by atoms with Crippen molar-refractivity contribution in [3.8, 4) is 0 Å². The van der Waals surface area contributed by atoms with Crippen LogP contribution in [0, 0.1) is 22.7 Å². The average Bonchev–Trinajstić information content (AvgIpc) is 2.70. The Morgan fingerprint density at radius 2 is 1.90 bits per heavy atom. The van der Waals surface area contributed by atoms with Crippen LogP contribution in [-0.2, 0) is 4.79 Å². The molecule has 1 fully saturated rings. The highest BCUT2D eigenvalue weighted by molar-refractivity contribution is 5.88. The van der Waals surface area contributed by atoms with E-state index in [-0.39, 0.29) is 5.41 Å². The molecule has 1 saturated carbocycles. The summed E-state index contributed by atoms with van der Waals surface area (Å²) in [5.41, 5.74) is 4.89. The van der Waals surface area contributed by atoms with Crippen LogP contribution < -0.4 is 0 Å². The van der Waals surface area contributed by atoms with E-state index in [2.05, 4.69) is 40.7 Å². The Kier molecular flexibility index (Phi) is 3.46. The molecule has 0 aromatic carbocycles. The lowest BCUT2D eigenvalue weighted by Gasteiger charge is -2.48. The molecular formula is C20H30O. The summed E-state index contributed by atoms with van der Waals surface area (Å²) in [6, 6.07) is 0. The zero-order chi connectivity index (χ0) is 15.4. The highest BCUT2D eigenvalue weighted by Gasteiger charge is 2.54. The lowest BCUT2D eigenvalue weighted by Crippen LogP contribution is -2.44. The monoisotopic (exact) mass is 286 g/mol. The molecule has 1 heteroatoms. The Morgan fingerprint density at radius 1 is 1.19 bits per heavy atom. The molecule has 0 saturated heterocycles. The van der Waals surface area contributed by atoms with Crippen molar-refractivity contribution < 1.29 is 4.79 Å². The number of carbonyl (C=O) groups is 1. The molecular weight excluding hydrogens is 256 g/mol. The topological polar surface area (TPSA) is 17.1 Å². The highest BCUT2D eigenvalue weighted by Crippen LogP contribution is 2.62. The summed E-state index contributed by atoms with van der Waals surface area (Å²) in [6.07, 6.45) is 8.96. The molecule has 0 N–H and O–H groups in total. The number of rotatable bonds is 1. The molecule has 3 rings (SSSR count). The number of carbonyl (C=O) groups excluding carboxylic acids is 1. The molecule has 3 atom stereocenters. The number of fused-ring (bicyclic) bond motifs is 3. The molecule has 0 amide bonds. The van der Waals surface area contributed by atoms with E-state index in [1.54, 1.807) is 11.1 Å². The molecule has 0 unspecified atom stereocenters. The molecule has 1 nitrogen and oxygen atoms in total. The van der Waals surface area contributed by atoms with Crippen LogP contribution in [0.4, 0.5) is 0 Å². The molecule has 0 spiro atoms. The van der Waals surface area contributed by atoms with Gasteiger partial charge in [-0.15, -0.1) is 0 Å². The minimum atomic E-state index is -0.117. The first-order valence-electron chi connectivity index (χ1n) is 8.70. The van der Waals surface area contributed by atoms with Gasteiger partial charge in [0.2, 0.25) is 0 Å². The van der Waals surface area contributed by atoms with E-state index in [1.807, 2.05) is 0 Å². The van der Waals surface area contributed by atoms with Gasteiger partial charge in [-0.25, -0.2) is 0 Å². The van der Waals surface area contributed by atoms with Gasteiger partial charge in [0, 0.05) is 11.8 Å². The van der Waals surface area contributed by atoms with Gasteiger partial charge in [0.25, 0.3) is 0 Å². The van der Waals surface area contributed by atoms with Crippen molar-refractivity contribution in [2.45, 2.75) is 73.1 Å². The normalized spacial score (nSPS) is 40.0. The van der Waals surface area contributed by atoms with Gasteiger partial charge in [-0.2, -0.15) is 0 Å². The summed E-state index contributed by atoms with van der Waals surface area (Å²) >= 11 is 0. The number of Topliss-reactive ketones (excluding diaryl/α,β-unsaturated/α-hetero) is 1. The molecule has 0 heterocycles. The first-order chi connectivity index (χ1) is 9.78. The summed E-state index contributed by atoms with van der Waals surface area (Å²) < 4.78 is 0. The van der Waals surface area contributed by atoms with Gasteiger partial charge in [0.15, 0.2) is 0 Å². The Hall–Kier alpha value is -0.850. The molecule has 116 valence electrons. The second kappa shape index (κ2) is 4.83. The average molecular weight is 286 g/mol. The van der Waals surface area contributed by atoms with Crippen LogP contribution in [0.3, 0.4) is 0 Å². The molecule has 0 aromatic heterocycles. The predicted molar refractivity (Wildman–Crippen MR) is 88.0 cm³/mol. The van der Waals surface area contributed by atoms with E-state index in [0.29, 0.717) is 29.5 Å². The van der Waals surface area contributed by atoms with E-state index in [0.717, 1.165) is 12.8 Å². The first-order valence-corrected chi connectivity index (χ1v) is 8.70. The van der Waals surface area contributed by atoms with Crippen LogP contribution >= 0.6 is 0 Å². The second-order valence-electron chi connectivity index (χ2n) is 8.51. The molecule has 0 radical (unpaired) electrons. The third-order valence-electron chi connectivity index (χ3n) is 6.73. The van der Waals surface area contributed by atoms with Crippen molar-refractivity contribution >= 4 is 5.78 Å². The molecule has 0 bridgehead atoms. The molecule has 3 aliphatic carbocycles. The van der Waals surface area contributed by atoms with E-state index >= 15 is 0 Å². The number of hydrogen-bond donors (Lipinski definition) is 0. The van der Waals surface area contributed by atoms with Crippen molar-refractivity contribution in [3.63, 3.8) is 0 Å². The van der Waals surface area contributed by atoms with Crippen LogP contribution in [0.5, 0.6) is 0 Å². The van der Waals surface area contributed by atoms with Gasteiger partial charge in [0.1, 0.15) is 5.78 Å². The van der Waals surface area contributed by atoms with E-state index < -0.39 is 0 Å². The zero-order valence-corrected chi connectivity index (χ0v) is 14.4. The van der Waals surface area contributed by atoms with Crippen LogP contribution in [0.15, 0.2) is 22.8 Å². The summed E-state index contributed by atoms with van der Waals surface area (Å²) in [6.45, 7) is 11.5. The van der Waals surface area contributed by atoms with Crippen LogP contribution in [0.1, 0.15) is 73.1 Å². The maximum atomic E-state index is 12.9. The molecule has 0 aromatic rings. The van der Waals surface area contributed by atoms with Gasteiger partial charge in [0.05, 0.1) is 0 Å². The number of hydrogen-bond acceptors (Lipinski definition) is 1. The maximum absolute atomic E-state index is 12.9. The smallest absolute Gasteiger partial charge is 0.143 e. The highest BCUT2D eigenvalue weighted by atomic mass is 16.1. The SMILES string of the molecule is CC1=CC[C@@H]2C3=C(C(C)C)CC[C@]3(C)CC[C@@]2(C)C(=O)C1. The van der Waals surface area contributed by atoms with Gasteiger partial charge in [-0.3, -0.25) is 4.79 Å². The van der Waals surface area contributed by atoms with Crippen LogP contribution in [0.25, 0.3) is 0 Å². The fraction of sp³-hybridized carbons (Fsp3) is 0.750. The van der Waals surface area contributed by atoms with Crippen LogP contribution in [0.2, 0.25) is 0 Å². The lowest BCUT2D eigenvalue weighted by atomic mass is 9.54. The van der Waals surface area contributed by atoms with E-state index in [1.165, 1.54) is 24.8 Å². The van der Waals surface area contributed by atoms with Crippen molar-refractivity contribution in [1.29, 1.82) is 0 Å². The largest absolute Gasteiger partial charge is 0.299 e. The van der Waals surface area contributed by atoms with Gasteiger partial charge < -0.3 is 0 Å². The third kappa shape index (κ3) is 2.15. The summed E-state index contributed by atoms with van der Waals surface area (Å²) in [5, 5.41) is 0. The van der Waals surface area contributed by atoms with Gasteiger partial charge in [-0.1, -0.05) is 50.5 Å². The molecule has 3 aliphatic rings. The maximum Gasteiger partial charge on any atom is 0.143 e. The summed E-state index contributed by atoms with van der Waals surface area (Å²) in [7, 11) is 0. The fourth-order valence-electron chi connectivity index (χ4n) is 5.16. The van der Waals surface area contributed by atoms with Gasteiger partial charge >= 0.3 is 0 Å². The fourth-order valence-corrected chi connectivity index (χ4v) is 5.16. The second-order valence-corrected chi connectivity index (χ2v) is 8.51. The minimum Gasteiger partial charge on any atom is -0.299 e. The third-order valence-corrected chi connectivity index (χ3v) is 6.73. The van der Waals surface area contributed by atoms with Crippen molar-refractivity contribution in [3.05, 3.63) is 22.8 Å². The van der Waals surface area contributed by atoms with Crippen molar-refractivity contribution in [2.24, 2.45) is 22.7 Å². The quantitative estimate of drug-likeness (QED) is 0.585. The summed E-state index contributed by atoms with van der Waals surface area (Å²) in [4.78, 5) is 12.9. The molecule has 21 heavy (non-hydrogen) atoms. The first kappa shape index (κ1) is 15.1. The Balaban J connectivity index is 2.13. The van der Waals surface area contributed by atoms with Gasteiger partial charge in [-0.05, 0) is 56.3 Å². The lowest BCUT2D eigenvalue weighted by molar-refractivity contribution is -0.131. The number of ketones is 1.